The van der Waals surface area contributed by atoms with E-state index in [9.17, 15) is 4.79 Å². The molecule has 23 heavy (non-hydrogen) atoms. The van der Waals surface area contributed by atoms with Gasteiger partial charge >= 0.3 is 0 Å². The van der Waals surface area contributed by atoms with Crippen molar-refractivity contribution in [3.63, 3.8) is 0 Å². The molecule has 1 atom stereocenters. The number of nitrogens with zero attached hydrogens (tertiary/aromatic N) is 3. The van der Waals surface area contributed by atoms with Crippen molar-refractivity contribution in [2.45, 2.75) is 32.2 Å². The van der Waals surface area contributed by atoms with Crippen molar-refractivity contribution in [2.75, 3.05) is 46.3 Å². The Morgan fingerprint density at radius 1 is 1.17 bits per heavy atom. The number of likely N-dealkylation sites (N-methyl/N-ethyl adjacent to an activating group) is 1. The predicted octanol–water partition coefficient (Wildman–Crippen LogP) is 2.16. The Bertz CT molecular complexity index is 537. The van der Waals surface area contributed by atoms with Crippen LogP contribution in [-0.4, -0.2) is 66.9 Å². The Morgan fingerprint density at radius 2 is 1.87 bits per heavy atom. The highest BCUT2D eigenvalue weighted by Gasteiger charge is 2.28. The maximum atomic E-state index is 12.6. The van der Waals surface area contributed by atoms with Gasteiger partial charge in [-0.1, -0.05) is 31.2 Å². The standard InChI is InChI=1S/C19H29N3O/c1-3-21-12-14-22(15-13-21)11-10-19(23)20(2)18-9-8-16-6-4-5-7-17(16)18/h4-7,18H,3,8-15H2,1-2H3. The van der Waals surface area contributed by atoms with E-state index in [0.717, 1.165) is 52.1 Å². The molecule has 1 unspecified atom stereocenters. The first-order chi connectivity index (χ1) is 11.2. The normalized spacial score (nSPS) is 22.1. The number of rotatable bonds is 5. The fraction of sp³-hybridized carbons (Fsp3) is 0.632. The summed E-state index contributed by atoms with van der Waals surface area (Å²) in [7, 11) is 1.98. The van der Waals surface area contributed by atoms with Crippen LogP contribution in [0.2, 0.25) is 0 Å². The molecule has 2 aliphatic rings. The van der Waals surface area contributed by atoms with E-state index < -0.39 is 0 Å². The summed E-state index contributed by atoms with van der Waals surface area (Å²) in [5, 5.41) is 0. The first-order valence-electron chi connectivity index (χ1n) is 8.97. The average molecular weight is 315 g/mol. The van der Waals surface area contributed by atoms with Gasteiger partial charge in [0.05, 0.1) is 6.04 Å². The molecule has 4 nitrogen and oxygen atoms in total. The molecule has 1 heterocycles. The number of aryl methyl sites for hydroxylation is 1. The van der Waals surface area contributed by atoms with E-state index in [-0.39, 0.29) is 11.9 Å². The van der Waals surface area contributed by atoms with Gasteiger partial charge in [-0.25, -0.2) is 0 Å². The van der Waals surface area contributed by atoms with Gasteiger partial charge in [-0.3, -0.25) is 4.79 Å². The van der Waals surface area contributed by atoms with Gasteiger partial charge in [0.2, 0.25) is 5.91 Å². The number of hydrogen-bond acceptors (Lipinski definition) is 3. The number of piperazine rings is 1. The molecule has 1 aromatic carbocycles. The summed E-state index contributed by atoms with van der Waals surface area (Å²) in [6.07, 6.45) is 2.80. The fourth-order valence-electron chi connectivity index (χ4n) is 3.87. The van der Waals surface area contributed by atoms with Crippen LogP contribution in [0, 0.1) is 0 Å². The molecule has 1 aliphatic carbocycles. The van der Waals surface area contributed by atoms with E-state index in [0.29, 0.717) is 6.42 Å². The van der Waals surface area contributed by atoms with Crippen LogP contribution in [0.1, 0.15) is 36.9 Å². The van der Waals surface area contributed by atoms with E-state index in [2.05, 4.69) is 41.0 Å². The summed E-state index contributed by atoms with van der Waals surface area (Å²) in [5.74, 6) is 0.282. The Balaban J connectivity index is 1.49. The molecule has 1 amide bonds. The highest BCUT2D eigenvalue weighted by molar-refractivity contribution is 5.76. The third-order valence-corrected chi connectivity index (χ3v) is 5.52. The Labute approximate surface area is 140 Å². The molecular weight excluding hydrogens is 286 g/mol. The molecule has 4 heteroatoms. The van der Waals surface area contributed by atoms with E-state index in [1.165, 1.54) is 11.1 Å². The Kier molecular flexibility index (Phi) is 5.34. The quantitative estimate of drug-likeness (QED) is 0.833. The monoisotopic (exact) mass is 315 g/mol. The molecule has 0 bridgehead atoms. The van der Waals surface area contributed by atoms with Crippen molar-refractivity contribution >= 4 is 5.91 Å². The first kappa shape index (κ1) is 16.5. The minimum absolute atomic E-state index is 0.274. The second-order valence-corrected chi connectivity index (χ2v) is 6.78. The summed E-state index contributed by atoms with van der Waals surface area (Å²) in [4.78, 5) is 19.5. The number of carbonyl (C=O) groups excluding carboxylic acids is 1. The molecule has 0 N–H and O–H groups in total. The smallest absolute Gasteiger partial charge is 0.224 e. The maximum absolute atomic E-state index is 12.6. The first-order valence-corrected chi connectivity index (χ1v) is 8.97. The maximum Gasteiger partial charge on any atom is 0.224 e. The molecule has 126 valence electrons. The average Bonchev–Trinajstić information content (AvgIpc) is 3.03. The summed E-state index contributed by atoms with van der Waals surface area (Å²) < 4.78 is 0. The van der Waals surface area contributed by atoms with Crippen LogP contribution in [0.25, 0.3) is 0 Å². The van der Waals surface area contributed by atoms with Gasteiger partial charge in [0.1, 0.15) is 0 Å². The van der Waals surface area contributed by atoms with Crippen molar-refractivity contribution in [3.05, 3.63) is 35.4 Å². The van der Waals surface area contributed by atoms with Crippen LogP contribution in [-0.2, 0) is 11.2 Å². The van der Waals surface area contributed by atoms with Gasteiger partial charge in [-0.2, -0.15) is 0 Å². The second kappa shape index (κ2) is 7.45. The van der Waals surface area contributed by atoms with Crippen LogP contribution in [0.4, 0.5) is 0 Å². The van der Waals surface area contributed by atoms with Crippen LogP contribution in [0.3, 0.4) is 0 Å². The SMILES string of the molecule is CCN1CCN(CCC(=O)N(C)C2CCc3ccccc32)CC1. The molecule has 0 saturated carbocycles. The van der Waals surface area contributed by atoms with Gasteiger partial charge < -0.3 is 14.7 Å². The molecule has 0 spiro atoms. The molecular formula is C19H29N3O. The lowest BCUT2D eigenvalue weighted by Crippen LogP contribution is -2.47. The lowest BCUT2D eigenvalue weighted by Gasteiger charge is -2.34. The van der Waals surface area contributed by atoms with Gasteiger partial charge in [-0.05, 0) is 30.5 Å². The highest BCUT2D eigenvalue weighted by atomic mass is 16.2. The van der Waals surface area contributed by atoms with Gasteiger partial charge in [0, 0.05) is 46.2 Å². The zero-order valence-corrected chi connectivity index (χ0v) is 14.5. The van der Waals surface area contributed by atoms with E-state index in [1.54, 1.807) is 0 Å². The lowest BCUT2D eigenvalue weighted by molar-refractivity contribution is -0.132. The topological polar surface area (TPSA) is 26.8 Å². The number of amides is 1. The molecule has 1 aromatic rings. The number of fused-ring (bicyclic) bond motifs is 1. The van der Waals surface area contributed by atoms with Crippen molar-refractivity contribution < 1.29 is 4.79 Å². The fourth-order valence-corrected chi connectivity index (χ4v) is 3.87. The van der Waals surface area contributed by atoms with Crippen molar-refractivity contribution in [1.82, 2.24) is 14.7 Å². The number of carbonyl (C=O) groups is 1. The van der Waals surface area contributed by atoms with E-state index >= 15 is 0 Å². The van der Waals surface area contributed by atoms with Crippen molar-refractivity contribution in [3.8, 4) is 0 Å². The highest BCUT2D eigenvalue weighted by Crippen LogP contribution is 2.34. The molecule has 1 saturated heterocycles. The van der Waals surface area contributed by atoms with Gasteiger partial charge in [-0.15, -0.1) is 0 Å². The summed E-state index contributed by atoms with van der Waals surface area (Å²) in [6, 6.07) is 8.83. The second-order valence-electron chi connectivity index (χ2n) is 6.78. The minimum atomic E-state index is 0.274. The zero-order valence-electron chi connectivity index (χ0n) is 14.5. The van der Waals surface area contributed by atoms with Crippen LogP contribution in [0.5, 0.6) is 0 Å². The van der Waals surface area contributed by atoms with Crippen molar-refractivity contribution in [1.29, 1.82) is 0 Å². The third-order valence-electron chi connectivity index (χ3n) is 5.52. The van der Waals surface area contributed by atoms with Crippen LogP contribution >= 0.6 is 0 Å². The Hall–Kier alpha value is -1.39. The summed E-state index contributed by atoms with van der Waals surface area (Å²) in [5.41, 5.74) is 2.76. The largest absolute Gasteiger partial charge is 0.339 e. The molecule has 1 aliphatic heterocycles. The molecule has 0 radical (unpaired) electrons. The summed E-state index contributed by atoms with van der Waals surface area (Å²) >= 11 is 0. The molecule has 3 rings (SSSR count). The number of benzene rings is 1. The van der Waals surface area contributed by atoms with Gasteiger partial charge in [0.25, 0.3) is 0 Å². The Morgan fingerprint density at radius 3 is 2.61 bits per heavy atom. The lowest BCUT2D eigenvalue weighted by atomic mass is 10.1. The van der Waals surface area contributed by atoms with E-state index in [4.69, 9.17) is 0 Å². The van der Waals surface area contributed by atoms with E-state index in [1.807, 2.05) is 11.9 Å². The molecule has 1 fully saturated rings. The number of hydrogen-bond donors (Lipinski definition) is 0. The minimum Gasteiger partial charge on any atom is -0.339 e. The van der Waals surface area contributed by atoms with Crippen LogP contribution in [0.15, 0.2) is 24.3 Å². The van der Waals surface area contributed by atoms with Gasteiger partial charge in [0.15, 0.2) is 0 Å². The zero-order chi connectivity index (χ0) is 16.2. The predicted molar refractivity (Wildman–Crippen MR) is 93.4 cm³/mol. The molecule has 0 aromatic heterocycles. The van der Waals surface area contributed by atoms with Crippen molar-refractivity contribution in [2.24, 2.45) is 0 Å². The summed E-state index contributed by atoms with van der Waals surface area (Å²) in [6.45, 7) is 8.71. The third kappa shape index (κ3) is 3.75. The van der Waals surface area contributed by atoms with Crippen LogP contribution < -0.4 is 0 Å².